The third-order valence-corrected chi connectivity index (χ3v) is 3.35. The zero-order valence-electron chi connectivity index (χ0n) is 11.8. The van der Waals surface area contributed by atoms with Crippen molar-refractivity contribution in [2.24, 2.45) is 0 Å². The summed E-state index contributed by atoms with van der Waals surface area (Å²) in [5.74, 6) is 0.735. The van der Waals surface area contributed by atoms with Crippen LogP contribution in [0.1, 0.15) is 37.8 Å². The molecule has 0 saturated heterocycles. The van der Waals surface area contributed by atoms with Crippen molar-refractivity contribution in [1.29, 1.82) is 0 Å². The monoisotopic (exact) mass is 260 g/mol. The van der Waals surface area contributed by atoms with E-state index in [0.717, 1.165) is 41.5 Å². The lowest BCUT2D eigenvalue weighted by Gasteiger charge is -2.09. The first kappa shape index (κ1) is 13.7. The third kappa shape index (κ3) is 2.80. The van der Waals surface area contributed by atoms with Gasteiger partial charge in [0.25, 0.3) is 0 Å². The molecule has 0 amide bonds. The number of hydrogen-bond donors (Lipinski definition) is 0. The van der Waals surface area contributed by atoms with E-state index in [2.05, 4.69) is 6.92 Å². The van der Waals surface area contributed by atoms with E-state index < -0.39 is 0 Å². The molecule has 0 aliphatic carbocycles. The second-order valence-corrected chi connectivity index (χ2v) is 4.69. The molecule has 0 N–H and O–H groups in total. The highest BCUT2D eigenvalue weighted by molar-refractivity contribution is 5.82. The van der Waals surface area contributed by atoms with Gasteiger partial charge in [-0.1, -0.05) is 13.3 Å². The van der Waals surface area contributed by atoms with Gasteiger partial charge in [0.15, 0.2) is 0 Å². The topological polar surface area (TPSA) is 39.4 Å². The minimum Gasteiger partial charge on any atom is -0.494 e. The zero-order chi connectivity index (χ0) is 13.8. The van der Waals surface area contributed by atoms with Crippen LogP contribution in [0.25, 0.3) is 11.0 Å². The molecule has 0 aliphatic rings. The Hall–Kier alpha value is -1.77. The summed E-state index contributed by atoms with van der Waals surface area (Å²) in [7, 11) is 0. The Labute approximate surface area is 113 Å². The van der Waals surface area contributed by atoms with Gasteiger partial charge in [-0.3, -0.25) is 0 Å². The first-order valence-corrected chi connectivity index (χ1v) is 6.86. The Kier molecular flexibility index (Phi) is 4.25. The number of aryl methyl sites for hydroxylation is 1. The van der Waals surface area contributed by atoms with Crippen LogP contribution < -0.4 is 10.4 Å². The van der Waals surface area contributed by atoms with Gasteiger partial charge in [0.1, 0.15) is 11.3 Å². The van der Waals surface area contributed by atoms with Crippen LogP contribution in [0.5, 0.6) is 5.75 Å². The van der Waals surface area contributed by atoms with Gasteiger partial charge in [0, 0.05) is 17.0 Å². The van der Waals surface area contributed by atoms with Crippen LogP contribution in [0.15, 0.2) is 27.4 Å². The van der Waals surface area contributed by atoms with Crippen LogP contribution in [0.4, 0.5) is 0 Å². The number of hydrogen-bond acceptors (Lipinski definition) is 3. The van der Waals surface area contributed by atoms with Crippen LogP contribution in [0.3, 0.4) is 0 Å². The van der Waals surface area contributed by atoms with E-state index in [1.165, 1.54) is 0 Å². The van der Waals surface area contributed by atoms with Gasteiger partial charge in [-0.05, 0) is 44.4 Å². The second-order valence-electron chi connectivity index (χ2n) is 4.69. The summed E-state index contributed by atoms with van der Waals surface area (Å²) in [6.07, 6.45) is 2.86. The maximum Gasteiger partial charge on any atom is 0.339 e. The van der Waals surface area contributed by atoms with Gasteiger partial charge in [0.2, 0.25) is 0 Å². The average Bonchev–Trinajstić information content (AvgIpc) is 2.38. The number of unbranched alkanes of at least 4 members (excludes halogenated alkanes) is 1. The van der Waals surface area contributed by atoms with Gasteiger partial charge in [-0.15, -0.1) is 0 Å². The lowest BCUT2D eigenvalue weighted by molar-refractivity contribution is 0.340. The molecule has 3 nitrogen and oxygen atoms in total. The zero-order valence-corrected chi connectivity index (χ0v) is 11.8. The predicted molar refractivity (Wildman–Crippen MR) is 77.0 cm³/mol. The fourth-order valence-electron chi connectivity index (χ4n) is 2.27. The van der Waals surface area contributed by atoms with Crippen LogP contribution >= 0.6 is 0 Å². The fourth-order valence-corrected chi connectivity index (χ4v) is 2.27. The molecule has 2 aromatic rings. The van der Waals surface area contributed by atoms with Gasteiger partial charge < -0.3 is 9.15 Å². The summed E-state index contributed by atoms with van der Waals surface area (Å²) in [6, 6.07) is 5.67. The molecular weight excluding hydrogens is 240 g/mol. The van der Waals surface area contributed by atoms with Crippen LogP contribution in [-0.4, -0.2) is 6.61 Å². The Morgan fingerprint density at radius 1 is 1.26 bits per heavy atom. The summed E-state index contributed by atoms with van der Waals surface area (Å²) in [4.78, 5) is 12.0. The Morgan fingerprint density at radius 3 is 2.74 bits per heavy atom. The molecule has 0 radical (unpaired) electrons. The van der Waals surface area contributed by atoms with Crippen molar-refractivity contribution in [2.45, 2.75) is 40.0 Å². The highest BCUT2D eigenvalue weighted by Crippen LogP contribution is 2.24. The first-order valence-electron chi connectivity index (χ1n) is 6.86. The summed E-state index contributed by atoms with van der Waals surface area (Å²) in [6.45, 7) is 6.64. The van der Waals surface area contributed by atoms with Crippen molar-refractivity contribution >= 4 is 11.0 Å². The van der Waals surface area contributed by atoms with Gasteiger partial charge >= 0.3 is 5.63 Å². The smallest absolute Gasteiger partial charge is 0.339 e. The number of ether oxygens (including phenoxy) is 1. The molecule has 0 unspecified atom stereocenters. The van der Waals surface area contributed by atoms with Crippen LogP contribution in [-0.2, 0) is 6.42 Å². The standard InChI is InChI=1S/C16H20O3/c1-4-6-7-14-11(3)13-9-8-12(18-5-2)10-15(13)19-16(14)17/h8-10H,4-7H2,1-3H3. The number of rotatable bonds is 5. The van der Waals surface area contributed by atoms with E-state index in [4.69, 9.17) is 9.15 Å². The van der Waals surface area contributed by atoms with Crippen molar-refractivity contribution in [3.05, 3.63) is 39.7 Å². The molecule has 1 aromatic heterocycles. The van der Waals surface area contributed by atoms with Crippen molar-refractivity contribution in [3.8, 4) is 5.75 Å². The molecule has 2 rings (SSSR count). The maximum atomic E-state index is 12.0. The van der Waals surface area contributed by atoms with E-state index in [0.29, 0.717) is 12.2 Å². The van der Waals surface area contributed by atoms with Gasteiger partial charge in [0.05, 0.1) is 6.61 Å². The molecule has 0 aliphatic heterocycles. The molecule has 19 heavy (non-hydrogen) atoms. The molecule has 0 saturated carbocycles. The fraction of sp³-hybridized carbons (Fsp3) is 0.438. The lowest BCUT2D eigenvalue weighted by atomic mass is 10.0. The summed E-state index contributed by atoms with van der Waals surface area (Å²) in [5, 5.41) is 0.995. The Bertz CT molecular complexity index is 626. The molecular formula is C16H20O3. The highest BCUT2D eigenvalue weighted by Gasteiger charge is 2.11. The minimum atomic E-state index is -0.216. The van der Waals surface area contributed by atoms with Crippen LogP contribution in [0.2, 0.25) is 0 Å². The molecule has 1 aromatic carbocycles. The van der Waals surface area contributed by atoms with Gasteiger partial charge in [-0.25, -0.2) is 4.79 Å². The first-order chi connectivity index (χ1) is 9.17. The maximum absolute atomic E-state index is 12.0. The molecule has 0 spiro atoms. The Morgan fingerprint density at radius 2 is 2.05 bits per heavy atom. The van der Waals surface area contributed by atoms with E-state index in [1.807, 2.05) is 26.0 Å². The largest absolute Gasteiger partial charge is 0.494 e. The van der Waals surface area contributed by atoms with E-state index in [-0.39, 0.29) is 5.63 Å². The van der Waals surface area contributed by atoms with Crippen LogP contribution in [0, 0.1) is 6.92 Å². The molecule has 102 valence electrons. The minimum absolute atomic E-state index is 0.216. The van der Waals surface area contributed by atoms with Crippen molar-refractivity contribution < 1.29 is 9.15 Å². The van der Waals surface area contributed by atoms with Crippen molar-refractivity contribution in [3.63, 3.8) is 0 Å². The molecule has 1 heterocycles. The van der Waals surface area contributed by atoms with E-state index in [9.17, 15) is 4.79 Å². The molecule has 0 fully saturated rings. The third-order valence-electron chi connectivity index (χ3n) is 3.35. The molecule has 0 bridgehead atoms. The van der Waals surface area contributed by atoms with Crippen molar-refractivity contribution in [2.75, 3.05) is 6.61 Å². The van der Waals surface area contributed by atoms with Gasteiger partial charge in [-0.2, -0.15) is 0 Å². The number of fused-ring (bicyclic) bond motifs is 1. The molecule has 0 atom stereocenters. The lowest BCUT2D eigenvalue weighted by Crippen LogP contribution is -2.10. The van der Waals surface area contributed by atoms with E-state index >= 15 is 0 Å². The predicted octanol–water partition coefficient (Wildman–Crippen LogP) is 3.84. The Balaban J connectivity index is 2.52. The summed E-state index contributed by atoms with van der Waals surface area (Å²) >= 11 is 0. The number of benzene rings is 1. The average molecular weight is 260 g/mol. The second kappa shape index (κ2) is 5.91. The normalized spacial score (nSPS) is 10.9. The van der Waals surface area contributed by atoms with E-state index in [1.54, 1.807) is 6.07 Å². The molecule has 3 heteroatoms. The summed E-state index contributed by atoms with van der Waals surface area (Å²) in [5.41, 5.74) is 2.22. The van der Waals surface area contributed by atoms with Crippen molar-refractivity contribution in [1.82, 2.24) is 0 Å². The summed E-state index contributed by atoms with van der Waals surface area (Å²) < 4.78 is 10.8. The SMILES string of the molecule is CCCCc1c(C)c2ccc(OCC)cc2oc1=O. The highest BCUT2D eigenvalue weighted by atomic mass is 16.5. The quantitative estimate of drug-likeness (QED) is 0.767.